The Morgan fingerprint density at radius 2 is 1.73 bits per heavy atom. The summed E-state index contributed by atoms with van der Waals surface area (Å²) >= 11 is 1.26. The fourth-order valence-corrected chi connectivity index (χ4v) is 4.65. The third-order valence-corrected chi connectivity index (χ3v) is 7.10. The second-order valence-electron chi connectivity index (χ2n) is 5.86. The summed E-state index contributed by atoms with van der Waals surface area (Å²) in [6, 6.07) is 12.7. The zero-order valence-electron chi connectivity index (χ0n) is 14.8. The van der Waals surface area contributed by atoms with Gasteiger partial charge in [-0.1, -0.05) is 19.1 Å². The van der Waals surface area contributed by atoms with Crippen molar-refractivity contribution < 1.29 is 8.42 Å². The summed E-state index contributed by atoms with van der Waals surface area (Å²) in [5.41, 5.74) is 3.25. The Morgan fingerprint density at radius 3 is 2.38 bits per heavy atom. The molecule has 0 spiro atoms. The monoisotopic (exact) mass is 388 g/mol. The highest BCUT2D eigenvalue weighted by atomic mass is 32.2. The number of thiophene rings is 1. The molecule has 2 heterocycles. The van der Waals surface area contributed by atoms with Gasteiger partial charge in [0.1, 0.15) is 4.21 Å². The van der Waals surface area contributed by atoms with Crippen molar-refractivity contribution in [2.24, 2.45) is 0 Å². The van der Waals surface area contributed by atoms with E-state index >= 15 is 0 Å². The second-order valence-corrected chi connectivity index (χ2v) is 8.93. The lowest BCUT2D eigenvalue weighted by molar-refractivity contribution is 0.603. The van der Waals surface area contributed by atoms with Gasteiger partial charge in [-0.15, -0.1) is 21.5 Å². The van der Waals surface area contributed by atoms with Crippen molar-refractivity contribution in [2.45, 2.75) is 31.4 Å². The van der Waals surface area contributed by atoms with E-state index in [1.165, 1.54) is 16.9 Å². The minimum absolute atomic E-state index is 0.183. The molecule has 0 bridgehead atoms. The summed E-state index contributed by atoms with van der Waals surface area (Å²) in [6.45, 7) is 6.06. The standard InChI is InChI=1S/C18H20N4O2S2/c1-4-14-8-11-18(25-14)26(23,24)22-17-10-9-16(20-21-17)19-15-7-5-6-12(2)13(15)3/h5-11H,4H2,1-3H3,(H,19,20)(H,21,22). The van der Waals surface area contributed by atoms with E-state index in [1.807, 2.05) is 45.0 Å². The largest absolute Gasteiger partial charge is 0.339 e. The SMILES string of the molecule is CCc1ccc(S(=O)(=O)Nc2ccc(Nc3cccc(C)c3C)nn2)s1. The smallest absolute Gasteiger partial charge is 0.272 e. The molecule has 0 radical (unpaired) electrons. The number of nitrogens with one attached hydrogen (secondary N) is 2. The molecular weight excluding hydrogens is 368 g/mol. The van der Waals surface area contributed by atoms with E-state index in [0.29, 0.717) is 5.82 Å². The zero-order chi connectivity index (χ0) is 18.7. The third-order valence-electron chi connectivity index (χ3n) is 4.02. The molecule has 0 atom stereocenters. The maximum absolute atomic E-state index is 12.4. The van der Waals surface area contributed by atoms with Crippen molar-refractivity contribution in [2.75, 3.05) is 10.0 Å². The number of sulfonamides is 1. The summed E-state index contributed by atoms with van der Waals surface area (Å²) in [5.74, 6) is 0.731. The summed E-state index contributed by atoms with van der Waals surface area (Å²) in [4.78, 5) is 1.02. The van der Waals surface area contributed by atoms with Gasteiger partial charge in [0.05, 0.1) is 0 Å². The van der Waals surface area contributed by atoms with Crippen LogP contribution >= 0.6 is 11.3 Å². The van der Waals surface area contributed by atoms with E-state index in [1.54, 1.807) is 18.2 Å². The van der Waals surface area contributed by atoms with Crippen LogP contribution in [0.5, 0.6) is 0 Å². The molecule has 0 saturated heterocycles. The Hall–Kier alpha value is -2.45. The molecule has 0 aliphatic heterocycles. The van der Waals surface area contributed by atoms with Crippen LogP contribution in [0.2, 0.25) is 0 Å². The van der Waals surface area contributed by atoms with Crippen LogP contribution in [-0.2, 0) is 16.4 Å². The van der Waals surface area contributed by atoms with Crippen LogP contribution in [0, 0.1) is 13.8 Å². The Morgan fingerprint density at radius 1 is 1.00 bits per heavy atom. The number of benzene rings is 1. The van der Waals surface area contributed by atoms with Crippen molar-refractivity contribution in [3.63, 3.8) is 0 Å². The van der Waals surface area contributed by atoms with Crippen LogP contribution < -0.4 is 10.0 Å². The number of rotatable bonds is 6. The normalized spacial score (nSPS) is 11.3. The molecule has 2 N–H and O–H groups in total. The van der Waals surface area contributed by atoms with E-state index in [9.17, 15) is 8.42 Å². The molecular formula is C18H20N4O2S2. The van der Waals surface area contributed by atoms with E-state index < -0.39 is 10.0 Å². The molecule has 0 amide bonds. The van der Waals surface area contributed by atoms with E-state index in [2.05, 4.69) is 20.2 Å². The average molecular weight is 389 g/mol. The molecule has 2 aromatic heterocycles. The van der Waals surface area contributed by atoms with Gasteiger partial charge in [-0.05, 0) is 61.7 Å². The van der Waals surface area contributed by atoms with Gasteiger partial charge in [0.2, 0.25) is 0 Å². The lowest BCUT2D eigenvalue weighted by Gasteiger charge is -2.11. The van der Waals surface area contributed by atoms with Crippen molar-refractivity contribution in [1.82, 2.24) is 10.2 Å². The molecule has 8 heteroatoms. The molecule has 0 unspecified atom stereocenters. The zero-order valence-corrected chi connectivity index (χ0v) is 16.4. The Kier molecular flexibility index (Phi) is 5.24. The maximum Gasteiger partial charge on any atom is 0.272 e. The highest BCUT2D eigenvalue weighted by Crippen LogP contribution is 2.25. The molecule has 0 fully saturated rings. The van der Waals surface area contributed by atoms with E-state index in [4.69, 9.17) is 0 Å². The topological polar surface area (TPSA) is 84.0 Å². The van der Waals surface area contributed by atoms with E-state index in [0.717, 1.165) is 22.5 Å². The van der Waals surface area contributed by atoms with Crippen LogP contribution in [0.15, 0.2) is 46.7 Å². The minimum atomic E-state index is -3.64. The van der Waals surface area contributed by atoms with Gasteiger partial charge < -0.3 is 5.32 Å². The fraction of sp³-hybridized carbons (Fsp3) is 0.222. The van der Waals surface area contributed by atoms with Crippen LogP contribution in [0.4, 0.5) is 17.3 Å². The molecule has 0 saturated carbocycles. The van der Waals surface area contributed by atoms with Gasteiger partial charge in [0.25, 0.3) is 10.0 Å². The average Bonchev–Trinajstić information content (AvgIpc) is 3.11. The fourth-order valence-electron chi connectivity index (χ4n) is 2.36. The Bertz CT molecular complexity index is 1010. The summed E-state index contributed by atoms with van der Waals surface area (Å²) in [6.07, 6.45) is 0.804. The third kappa shape index (κ3) is 4.03. The molecule has 0 aliphatic carbocycles. The first-order valence-corrected chi connectivity index (χ1v) is 10.5. The van der Waals surface area contributed by atoms with E-state index in [-0.39, 0.29) is 10.0 Å². The second kappa shape index (κ2) is 7.43. The van der Waals surface area contributed by atoms with Crippen LogP contribution in [0.3, 0.4) is 0 Å². The Labute approximate surface area is 157 Å². The first-order valence-electron chi connectivity index (χ1n) is 8.17. The van der Waals surface area contributed by atoms with Crippen molar-refractivity contribution in [1.29, 1.82) is 0 Å². The van der Waals surface area contributed by atoms with Gasteiger partial charge in [0, 0.05) is 10.6 Å². The predicted molar refractivity (Wildman–Crippen MR) is 106 cm³/mol. The van der Waals surface area contributed by atoms with Crippen LogP contribution in [-0.4, -0.2) is 18.6 Å². The Balaban J connectivity index is 1.74. The highest BCUT2D eigenvalue weighted by Gasteiger charge is 2.17. The molecule has 136 valence electrons. The number of aromatic nitrogens is 2. The van der Waals surface area contributed by atoms with Gasteiger partial charge >= 0.3 is 0 Å². The summed E-state index contributed by atoms with van der Waals surface area (Å²) in [7, 11) is -3.64. The number of anilines is 3. The quantitative estimate of drug-likeness (QED) is 0.659. The minimum Gasteiger partial charge on any atom is -0.339 e. The van der Waals surface area contributed by atoms with Crippen molar-refractivity contribution in [3.8, 4) is 0 Å². The maximum atomic E-state index is 12.4. The van der Waals surface area contributed by atoms with Crippen LogP contribution in [0.25, 0.3) is 0 Å². The highest BCUT2D eigenvalue weighted by molar-refractivity contribution is 7.94. The van der Waals surface area contributed by atoms with Crippen molar-refractivity contribution >= 4 is 38.7 Å². The number of aryl methyl sites for hydroxylation is 2. The van der Waals surface area contributed by atoms with Gasteiger partial charge in [-0.3, -0.25) is 4.72 Å². The number of hydrogen-bond donors (Lipinski definition) is 2. The van der Waals surface area contributed by atoms with Gasteiger partial charge in [0.15, 0.2) is 11.6 Å². The number of hydrogen-bond acceptors (Lipinski definition) is 6. The lowest BCUT2D eigenvalue weighted by atomic mass is 10.1. The summed E-state index contributed by atoms with van der Waals surface area (Å²) in [5, 5.41) is 11.2. The predicted octanol–water partition coefficient (Wildman–Crippen LogP) is 4.26. The van der Waals surface area contributed by atoms with Gasteiger partial charge in [-0.25, -0.2) is 8.42 Å². The number of nitrogens with zero attached hydrogens (tertiary/aromatic N) is 2. The molecule has 3 aromatic rings. The lowest BCUT2D eigenvalue weighted by Crippen LogP contribution is -2.13. The molecule has 0 aliphatic rings. The van der Waals surface area contributed by atoms with Crippen molar-refractivity contribution in [3.05, 3.63) is 58.5 Å². The molecule has 26 heavy (non-hydrogen) atoms. The summed E-state index contributed by atoms with van der Waals surface area (Å²) < 4.78 is 27.5. The first-order chi connectivity index (χ1) is 12.4. The molecule has 3 rings (SSSR count). The molecule has 6 nitrogen and oxygen atoms in total. The molecule has 1 aromatic carbocycles. The van der Waals surface area contributed by atoms with Gasteiger partial charge in [-0.2, -0.15) is 0 Å². The van der Waals surface area contributed by atoms with Crippen LogP contribution in [0.1, 0.15) is 22.9 Å². The first kappa shape index (κ1) is 18.3.